The first-order valence-corrected chi connectivity index (χ1v) is 11.0. The van der Waals surface area contributed by atoms with Crippen LogP contribution in [0.5, 0.6) is 5.75 Å². The summed E-state index contributed by atoms with van der Waals surface area (Å²) in [5, 5.41) is 7.12. The van der Waals surface area contributed by atoms with Gasteiger partial charge in [-0.05, 0) is 29.6 Å². The molecule has 0 aliphatic rings. The van der Waals surface area contributed by atoms with Crippen molar-refractivity contribution in [3.05, 3.63) is 46.8 Å². The van der Waals surface area contributed by atoms with E-state index in [4.69, 9.17) is 4.74 Å². The monoisotopic (exact) mass is 409 g/mol. The number of sulfonamides is 1. The topological polar surface area (TPSA) is 97.4 Å². The van der Waals surface area contributed by atoms with Gasteiger partial charge in [0.25, 0.3) is 5.91 Å². The Kier molecular flexibility index (Phi) is 5.25. The molecule has 3 rings (SSSR count). The molecule has 0 saturated carbocycles. The molecule has 26 heavy (non-hydrogen) atoms. The van der Waals surface area contributed by atoms with Gasteiger partial charge < -0.3 is 10.1 Å². The van der Waals surface area contributed by atoms with Crippen LogP contribution in [0, 0.1) is 0 Å². The molecule has 0 aliphatic heterocycles. The fourth-order valence-corrected chi connectivity index (χ4v) is 4.33. The summed E-state index contributed by atoms with van der Waals surface area (Å²) < 4.78 is 30.4. The third-order valence-electron chi connectivity index (χ3n) is 3.22. The predicted molar refractivity (Wildman–Crippen MR) is 105 cm³/mol. The molecule has 3 aromatic rings. The van der Waals surface area contributed by atoms with Gasteiger partial charge >= 0.3 is 0 Å². The maximum atomic E-state index is 12.4. The van der Waals surface area contributed by atoms with E-state index in [1.165, 1.54) is 24.5 Å². The number of methoxy groups -OCH3 is 1. The number of thiophene rings is 1. The lowest BCUT2D eigenvalue weighted by Gasteiger charge is -2.12. The molecule has 0 aliphatic carbocycles. The summed E-state index contributed by atoms with van der Waals surface area (Å²) in [4.78, 5) is 17.8. The lowest BCUT2D eigenvalue weighted by atomic mass is 10.2. The molecule has 7 nitrogen and oxygen atoms in total. The number of thiazole rings is 1. The molecule has 0 bridgehead atoms. The molecule has 1 aromatic carbocycles. The highest BCUT2D eigenvalue weighted by atomic mass is 32.2. The zero-order valence-electron chi connectivity index (χ0n) is 13.8. The van der Waals surface area contributed by atoms with Gasteiger partial charge in [-0.1, -0.05) is 6.07 Å². The van der Waals surface area contributed by atoms with Crippen LogP contribution in [-0.4, -0.2) is 32.7 Å². The Labute approximate surface area is 158 Å². The van der Waals surface area contributed by atoms with Crippen molar-refractivity contribution in [3.8, 4) is 15.6 Å². The van der Waals surface area contributed by atoms with E-state index in [-0.39, 0.29) is 11.6 Å². The predicted octanol–water partition coefficient (Wildman–Crippen LogP) is 3.50. The van der Waals surface area contributed by atoms with Crippen molar-refractivity contribution in [1.29, 1.82) is 0 Å². The molecule has 2 heterocycles. The van der Waals surface area contributed by atoms with Crippen molar-refractivity contribution in [3.63, 3.8) is 0 Å². The summed E-state index contributed by atoms with van der Waals surface area (Å²) in [5.74, 6) is -0.0263. The van der Waals surface area contributed by atoms with Gasteiger partial charge in [0, 0.05) is 11.1 Å². The van der Waals surface area contributed by atoms with E-state index in [0.29, 0.717) is 17.1 Å². The van der Waals surface area contributed by atoms with E-state index in [9.17, 15) is 13.2 Å². The molecule has 2 N–H and O–H groups in total. The number of anilines is 2. The van der Waals surface area contributed by atoms with Gasteiger partial charge in [-0.25, -0.2) is 13.4 Å². The van der Waals surface area contributed by atoms with E-state index in [0.717, 1.165) is 16.1 Å². The summed E-state index contributed by atoms with van der Waals surface area (Å²) in [7, 11) is -2.05. The standard InChI is InChI=1S/C16H15N3O4S3/c1-23-13-6-5-10(8-11(13)19-26(2,21)22)17-15(20)12-9-25-16(18-12)14-4-3-7-24-14/h3-9,19H,1-2H3,(H,17,20). The summed E-state index contributed by atoms with van der Waals surface area (Å²) >= 11 is 2.94. The van der Waals surface area contributed by atoms with E-state index >= 15 is 0 Å². The van der Waals surface area contributed by atoms with Crippen LogP contribution in [0.2, 0.25) is 0 Å². The molecule has 0 atom stereocenters. The van der Waals surface area contributed by atoms with Crippen LogP contribution in [0.1, 0.15) is 10.5 Å². The number of hydrogen-bond donors (Lipinski definition) is 2. The third kappa shape index (κ3) is 4.40. The fourth-order valence-electron chi connectivity index (χ4n) is 2.15. The Morgan fingerprint density at radius 2 is 2.04 bits per heavy atom. The van der Waals surface area contributed by atoms with Gasteiger partial charge in [-0.2, -0.15) is 0 Å². The van der Waals surface area contributed by atoms with Crippen molar-refractivity contribution in [2.75, 3.05) is 23.4 Å². The molecule has 0 saturated heterocycles. The minimum Gasteiger partial charge on any atom is -0.495 e. The molecule has 0 radical (unpaired) electrons. The van der Waals surface area contributed by atoms with Gasteiger partial charge in [0.15, 0.2) is 0 Å². The molecule has 2 aromatic heterocycles. The van der Waals surface area contributed by atoms with E-state index in [1.807, 2.05) is 17.5 Å². The van der Waals surface area contributed by atoms with Crippen molar-refractivity contribution in [2.24, 2.45) is 0 Å². The van der Waals surface area contributed by atoms with Crippen LogP contribution in [0.15, 0.2) is 41.1 Å². The van der Waals surface area contributed by atoms with E-state index in [2.05, 4.69) is 15.0 Å². The number of nitrogens with zero attached hydrogens (tertiary/aromatic N) is 1. The largest absolute Gasteiger partial charge is 0.495 e. The van der Waals surface area contributed by atoms with Crippen LogP contribution in [0.3, 0.4) is 0 Å². The van der Waals surface area contributed by atoms with Crippen molar-refractivity contribution < 1.29 is 17.9 Å². The Hall–Kier alpha value is -2.43. The Morgan fingerprint density at radius 1 is 1.23 bits per heavy atom. The highest BCUT2D eigenvalue weighted by molar-refractivity contribution is 7.92. The molecule has 136 valence electrons. The number of aromatic nitrogens is 1. The SMILES string of the molecule is COc1ccc(NC(=O)c2csc(-c3cccs3)n2)cc1NS(C)(=O)=O. The summed E-state index contributed by atoms with van der Waals surface area (Å²) in [6.07, 6.45) is 1.04. The lowest BCUT2D eigenvalue weighted by molar-refractivity contribution is 0.102. The summed E-state index contributed by atoms with van der Waals surface area (Å²) in [5.41, 5.74) is 0.963. The quantitative estimate of drug-likeness (QED) is 0.649. The first kappa shape index (κ1) is 18.4. The minimum absolute atomic E-state index is 0.241. The normalized spacial score (nSPS) is 11.2. The smallest absolute Gasteiger partial charge is 0.275 e. The number of amides is 1. The maximum Gasteiger partial charge on any atom is 0.275 e. The number of carbonyl (C=O) groups excluding carboxylic acids is 1. The minimum atomic E-state index is -3.48. The number of nitrogens with one attached hydrogen (secondary N) is 2. The zero-order valence-corrected chi connectivity index (χ0v) is 16.3. The summed E-state index contributed by atoms with van der Waals surface area (Å²) in [6.45, 7) is 0. The molecular formula is C16H15N3O4S3. The Morgan fingerprint density at radius 3 is 2.69 bits per heavy atom. The van der Waals surface area contributed by atoms with Crippen LogP contribution >= 0.6 is 22.7 Å². The van der Waals surface area contributed by atoms with Crippen LogP contribution in [0.25, 0.3) is 9.88 Å². The van der Waals surface area contributed by atoms with Crippen molar-refractivity contribution in [2.45, 2.75) is 0 Å². The molecule has 0 unspecified atom stereocenters. The molecule has 10 heteroatoms. The van der Waals surface area contributed by atoms with Crippen molar-refractivity contribution in [1.82, 2.24) is 4.98 Å². The lowest BCUT2D eigenvalue weighted by Crippen LogP contribution is -2.14. The number of ether oxygens (including phenoxy) is 1. The zero-order chi connectivity index (χ0) is 18.7. The Balaban J connectivity index is 1.80. The highest BCUT2D eigenvalue weighted by Gasteiger charge is 2.15. The second-order valence-electron chi connectivity index (χ2n) is 5.26. The molecular weight excluding hydrogens is 394 g/mol. The van der Waals surface area contributed by atoms with Gasteiger partial charge in [-0.3, -0.25) is 9.52 Å². The number of hydrogen-bond acceptors (Lipinski definition) is 7. The average molecular weight is 410 g/mol. The van der Waals surface area contributed by atoms with E-state index in [1.54, 1.807) is 28.8 Å². The van der Waals surface area contributed by atoms with E-state index < -0.39 is 10.0 Å². The number of carbonyl (C=O) groups is 1. The van der Waals surface area contributed by atoms with Crippen LogP contribution in [-0.2, 0) is 10.0 Å². The van der Waals surface area contributed by atoms with Gasteiger partial charge in [-0.15, -0.1) is 22.7 Å². The maximum absolute atomic E-state index is 12.4. The fraction of sp³-hybridized carbons (Fsp3) is 0.125. The highest BCUT2D eigenvalue weighted by Crippen LogP contribution is 2.30. The first-order valence-electron chi connectivity index (χ1n) is 7.32. The molecule has 0 spiro atoms. The first-order chi connectivity index (χ1) is 12.4. The van der Waals surface area contributed by atoms with Crippen LogP contribution < -0.4 is 14.8 Å². The summed E-state index contributed by atoms with van der Waals surface area (Å²) in [6, 6.07) is 8.55. The number of rotatable bonds is 6. The Bertz CT molecular complexity index is 1030. The average Bonchev–Trinajstić information content (AvgIpc) is 3.25. The number of benzene rings is 1. The molecule has 1 amide bonds. The van der Waals surface area contributed by atoms with Crippen LogP contribution in [0.4, 0.5) is 11.4 Å². The van der Waals surface area contributed by atoms with Gasteiger partial charge in [0.05, 0.1) is 23.9 Å². The third-order valence-corrected chi connectivity index (χ3v) is 5.69. The van der Waals surface area contributed by atoms with Crippen molar-refractivity contribution >= 4 is 50.0 Å². The van der Waals surface area contributed by atoms with Gasteiger partial charge in [0.2, 0.25) is 10.0 Å². The van der Waals surface area contributed by atoms with Gasteiger partial charge in [0.1, 0.15) is 16.5 Å². The second kappa shape index (κ2) is 7.44. The molecule has 0 fully saturated rings. The second-order valence-corrected chi connectivity index (χ2v) is 8.81.